The number of alkyl halides is 1. The predicted octanol–water partition coefficient (Wildman–Crippen LogP) is 4.71. The van der Waals surface area contributed by atoms with E-state index in [0.717, 1.165) is 40.4 Å². The van der Waals surface area contributed by atoms with Crippen LogP contribution in [0.2, 0.25) is 0 Å². The number of hydrogen-bond donors (Lipinski definition) is 0. The standard InChI is InChI=1S/C26H27FN2O3/c1-17-21(11-8-19-4-2-13-28-25(17)19)18-6-9-20(10-7-18)32-23-12-14-29(16-22(23)27)26(30)24-5-3-15-31-24/h2,4,6-11,13,22-24H,3,5,12,14-16H2,1H3/t22-,23-,24+/m1/s1. The first-order valence-electron chi connectivity index (χ1n) is 11.3. The topological polar surface area (TPSA) is 51.7 Å². The lowest BCUT2D eigenvalue weighted by atomic mass is 9.98. The number of hydrogen-bond acceptors (Lipinski definition) is 4. The van der Waals surface area contributed by atoms with Crippen molar-refractivity contribution in [3.05, 3.63) is 60.3 Å². The number of piperidine rings is 1. The third kappa shape index (κ3) is 4.07. The van der Waals surface area contributed by atoms with E-state index in [2.05, 4.69) is 30.1 Å². The summed E-state index contributed by atoms with van der Waals surface area (Å²) in [7, 11) is 0. The molecule has 0 saturated carbocycles. The highest BCUT2D eigenvalue weighted by molar-refractivity contribution is 5.88. The Bertz CT molecular complexity index is 1110. The molecule has 3 heterocycles. The maximum absolute atomic E-state index is 14.8. The van der Waals surface area contributed by atoms with Gasteiger partial charge >= 0.3 is 0 Å². The minimum absolute atomic E-state index is 0.0602. The molecule has 5 rings (SSSR count). The van der Waals surface area contributed by atoms with E-state index in [4.69, 9.17) is 9.47 Å². The fraction of sp³-hybridized carbons (Fsp3) is 0.385. The zero-order valence-corrected chi connectivity index (χ0v) is 18.2. The van der Waals surface area contributed by atoms with Crippen LogP contribution in [0.5, 0.6) is 5.75 Å². The van der Waals surface area contributed by atoms with Crippen LogP contribution in [0, 0.1) is 6.92 Å². The number of likely N-dealkylation sites (tertiary alicyclic amines) is 1. The Labute approximate surface area is 187 Å². The fourth-order valence-corrected chi connectivity index (χ4v) is 4.68. The van der Waals surface area contributed by atoms with Crippen molar-refractivity contribution in [3.8, 4) is 16.9 Å². The van der Waals surface area contributed by atoms with Crippen molar-refractivity contribution in [1.29, 1.82) is 0 Å². The van der Waals surface area contributed by atoms with Gasteiger partial charge in [-0.25, -0.2) is 4.39 Å². The summed E-state index contributed by atoms with van der Waals surface area (Å²) in [6.07, 6.45) is 1.72. The number of fused-ring (bicyclic) bond motifs is 1. The number of pyridine rings is 1. The van der Waals surface area contributed by atoms with Gasteiger partial charge in [0.2, 0.25) is 0 Å². The van der Waals surface area contributed by atoms with E-state index in [9.17, 15) is 9.18 Å². The van der Waals surface area contributed by atoms with Crippen LogP contribution in [0.4, 0.5) is 4.39 Å². The maximum atomic E-state index is 14.8. The molecule has 2 aromatic carbocycles. The van der Waals surface area contributed by atoms with Crippen LogP contribution in [0.15, 0.2) is 54.7 Å². The van der Waals surface area contributed by atoms with Gasteiger partial charge in [0, 0.05) is 31.2 Å². The predicted molar refractivity (Wildman–Crippen MR) is 121 cm³/mol. The Balaban J connectivity index is 1.24. The van der Waals surface area contributed by atoms with Crippen molar-refractivity contribution in [3.63, 3.8) is 0 Å². The van der Waals surface area contributed by atoms with Crippen molar-refractivity contribution in [2.75, 3.05) is 19.7 Å². The van der Waals surface area contributed by atoms with E-state index < -0.39 is 18.4 Å². The summed E-state index contributed by atoms with van der Waals surface area (Å²) in [4.78, 5) is 18.6. The molecule has 3 atom stereocenters. The normalized spacial score (nSPS) is 23.4. The Morgan fingerprint density at radius 1 is 1.16 bits per heavy atom. The maximum Gasteiger partial charge on any atom is 0.251 e. The average molecular weight is 435 g/mol. The summed E-state index contributed by atoms with van der Waals surface area (Å²) < 4.78 is 26.2. The lowest BCUT2D eigenvalue weighted by Gasteiger charge is -2.35. The van der Waals surface area contributed by atoms with E-state index in [1.54, 1.807) is 4.90 Å². The number of amides is 1. The van der Waals surface area contributed by atoms with Crippen molar-refractivity contribution in [2.45, 2.75) is 44.6 Å². The zero-order chi connectivity index (χ0) is 22.1. The largest absolute Gasteiger partial charge is 0.487 e. The van der Waals surface area contributed by atoms with Crippen molar-refractivity contribution in [1.82, 2.24) is 9.88 Å². The molecule has 2 fully saturated rings. The lowest BCUT2D eigenvalue weighted by molar-refractivity contribution is -0.144. The summed E-state index contributed by atoms with van der Waals surface area (Å²) in [6.45, 7) is 3.24. The molecular formula is C26H27FN2O3. The molecule has 32 heavy (non-hydrogen) atoms. The van der Waals surface area contributed by atoms with Gasteiger partial charge in [0.15, 0.2) is 6.17 Å². The van der Waals surface area contributed by atoms with Crippen LogP contribution in [0.3, 0.4) is 0 Å². The average Bonchev–Trinajstić information content (AvgIpc) is 3.36. The second-order valence-electron chi connectivity index (χ2n) is 8.58. The van der Waals surface area contributed by atoms with Gasteiger partial charge in [0.1, 0.15) is 18.0 Å². The Morgan fingerprint density at radius 2 is 2.00 bits per heavy atom. The first-order chi connectivity index (χ1) is 15.6. The molecule has 1 amide bonds. The highest BCUT2D eigenvalue weighted by Gasteiger charge is 2.36. The van der Waals surface area contributed by atoms with Gasteiger partial charge in [-0.15, -0.1) is 0 Å². The molecule has 2 aliphatic heterocycles. The summed E-state index contributed by atoms with van der Waals surface area (Å²) in [6, 6.07) is 15.9. The Hall–Kier alpha value is -2.99. The van der Waals surface area contributed by atoms with Gasteiger partial charge in [-0.1, -0.05) is 30.3 Å². The van der Waals surface area contributed by atoms with Gasteiger partial charge in [0.25, 0.3) is 5.91 Å². The monoisotopic (exact) mass is 434 g/mol. The third-order valence-corrected chi connectivity index (χ3v) is 6.48. The zero-order valence-electron chi connectivity index (χ0n) is 18.2. The summed E-state index contributed by atoms with van der Waals surface area (Å²) in [5.41, 5.74) is 4.31. The van der Waals surface area contributed by atoms with Crippen LogP contribution in [0.1, 0.15) is 24.8 Å². The van der Waals surface area contributed by atoms with Gasteiger partial charge in [-0.3, -0.25) is 9.78 Å². The first kappa shape index (κ1) is 20.9. The molecule has 166 valence electrons. The summed E-state index contributed by atoms with van der Waals surface area (Å²) >= 11 is 0. The number of aromatic nitrogens is 1. The molecule has 2 aliphatic rings. The molecule has 0 spiro atoms. The van der Waals surface area contributed by atoms with Crippen molar-refractivity contribution >= 4 is 16.8 Å². The SMILES string of the molecule is Cc1c(-c2ccc(O[C@@H]3CCN(C(=O)[C@@H]4CCCO4)C[C@H]3F)cc2)ccc2cccnc12. The van der Waals surface area contributed by atoms with Crippen LogP contribution >= 0.6 is 0 Å². The van der Waals surface area contributed by atoms with E-state index in [-0.39, 0.29) is 12.5 Å². The second kappa shape index (κ2) is 8.87. The van der Waals surface area contributed by atoms with E-state index in [1.807, 2.05) is 36.5 Å². The number of benzene rings is 2. The number of ether oxygens (including phenoxy) is 2. The molecule has 0 aliphatic carbocycles. The van der Waals surface area contributed by atoms with E-state index >= 15 is 0 Å². The van der Waals surface area contributed by atoms with Gasteiger partial charge < -0.3 is 14.4 Å². The highest BCUT2D eigenvalue weighted by Crippen LogP contribution is 2.31. The summed E-state index contributed by atoms with van der Waals surface area (Å²) in [5.74, 6) is 0.546. The molecule has 1 aromatic heterocycles. The molecule has 0 bridgehead atoms. The minimum atomic E-state index is -1.22. The molecule has 5 nitrogen and oxygen atoms in total. The van der Waals surface area contributed by atoms with Crippen LogP contribution in [0.25, 0.3) is 22.0 Å². The second-order valence-corrected chi connectivity index (χ2v) is 8.58. The quantitative estimate of drug-likeness (QED) is 0.597. The van der Waals surface area contributed by atoms with Gasteiger partial charge in [-0.2, -0.15) is 0 Å². The number of halogens is 1. The van der Waals surface area contributed by atoms with Crippen LogP contribution < -0.4 is 4.74 Å². The minimum Gasteiger partial charge on any atom is -0.487 e. The first-order valence-corrected chi connectivity index (χ1v) is 11.3. The molecule has 0 N–H and O–H groups in total. The third-order valence-electron chi connectivity index (χ3n) is 6.48. The van der Waals surface area contributed by atoms with Crippen molar-refractivity contribution in [2.24, 2.45) is 0 Å². The number of carbonyl (C=O) groups is 1. The van der Waals surface area contributed by atoms with Gasteiger partial charge in [-0.05, 0) is 54.7 Å². The van der Waals surface area contributed by atoms with E-state index in [1.165, 1.54) is 0 Å². The Kier molecular flexibility index (Phi) is 5.79. The fourth-order valence-electron chi connectivity index (χ4n) is 4.68. The molecule has 2 saturated heterocycles. The molecule has 6 heteroatoms. The highest BCUT2D eigenvalue weighted by atomic mass is 19.1. The number of aryl methyl sites for hydroxylation is 1. The number of nitrogens with zero attached hydrogens (tertiary/aromatic N) is 2. The number of rotatable bonds is 4. The van der Waals surface area contributed by atoms with E-state index in [0.29, 0.717) is 25.3 Å². The van der Waals surface area contributed by atoms with Crippen LogP contribution in [-0.2, 0) is 9.53 Å². The summed E-state index contributed by atoms with van der Waals surface area (Å²) in [5, 5.41) is 1.12. The van der Waals surface area contributed by atoms with Gasteiger partial charge in [0.05, 0.1) is 12.1 Å². The van der Waals surface area contributed by atoms with Crippen molar-refractivity contribution < 1.29 is 18.7 Å². The van der Waals surface area contributed by atoms with Crippen LogP contribution in [-0.4, -0.2) is 53.9 Å². The number of carbonyl (C=O) groups excluding carboxylic acids is 1. The Morgan fingerprint density at radius 3 is 2.75 bits per heavy atom. The molecule has 3 aromatic rings. The molecular weight excluding hydrogens is 407 g/mol. The lowest BCUT2D eigenvalue weighted by Crippen LogP contribution is -2.51. The molecule has 0 unspecified atom stereocenters. The smallest absolute Gasteiger partial charge is 0.251 e. The molecule has 0 radical (unpaired) electrons.